The first-order chi connectivity index (χ1) is 10.7. The van der Waals surface area contributed by atoms with Crippen LogP contribution in [0.15, 0.2) is 35.3 Å². The Labute approximate surface area is 132 Å². The van der Waals surface area contributed by atoms with Crippen LogP contribution in [0.3, 0.4) is 0 Å². The summed E-state index contributed by atoms with van der Waals surface area (Å²) < 4.78 is 5.48. The molecule has 1 aliphatic rings. The van der Waals surface area contributed by atoms with Crippen molar-refractivity contribution in [1.82, 2.24) is 5.32 Å². The van der Waals surface area contributed by atoms with E-state index in [0.29, 0.717) is 18.6 Å². The van der Waals surface area contributed by atoms with Crippen LogP contribution in [0.2, 0.25) is 0 Å². The topological polar surface area (TPSA) is 79.9 Å². The summed E-state index contributed by atoms with van der Waals surface area (Å²) in [7, 11) is 0. The molecule has 1 saturated carbocycles. The SMILES string of the molecule is NC(=NCC(O)COCc1ccccc1)NC1CCCCC1. The molecular weight excluding hydrogens is 278 g/mol. The predicted molar refractivity (Wildman–Crippen MR) is 88.6 cm³/mol. The highest BCUT2D eigenvalue weighted by Crippen LogP contribution is 2.16. The van der Waals surface area contributed by atoms with Gasteiger partial charge in [0.1, 0.15) is 0 Å². The van der Waals surface area contributed by atoms with Crippen LogP contribution in [0, 0.1) is 0 Å². The van der Waals surface area contributed by atoms with Crippen LogP contribution in [0.1, 0.15) is 37.7 Å². The van der Waals surface area contributed by atoms with Crippen molar-refractivity contribution < 1.29 is 9.84 Å². The minimum Gasteiger partial charge on any atom is -0.389 e. The van der Waals surface area contributed by atoms with Crippen LogP contribution >= 0.6 is 0 Å². The standard InChI is InChI=1S/C17H27N3O2/c18-17(20-15-9-5-2-6-10-15)19-11-16(21)13-22-12-14-7-3-1-4-8-14/h1,3-4,7-8,15-16,21H,2,5-6,9-13H2,(H3,18,19,20). The fraction of sp³-hybridized carbons (Fsp3) is 0.588. The third kappa shape index (κ3) is 6.45. The molecule has 4 N–H and O–H groups in total. The second-order valence-electron chi connectivity index (χ2n) is 5.86. The summed E-state index contributed by atoms with van der Waals surface area (Å²) in [5.41, 5.74) is 6.95. The maximum Gasteiger partial charge on any atom is 0.188 e. The molecule has 1 fully saturated rings. The number of nitrogens with one attached hydrogen (secondary N) is 1. The highest BCUT2D eigenvalue weighted by molar-refractivity contribution is 5.78. The van der Waals surface area contributed by atoms with E-state index in [1.54, 1.807) is 0 Å². The van der Waals surface area contributed by atoms with Crippen LogP contribution in [0.25, 0.3) is 0 Å². The van der Waals surface area contributed by atoms with Gasteiger partial charge in [0.25, 0.3) is 0 Å². The molecule has 0 radical (unpaired) electrons. The molecule has 0 spiro atoms. The lowest BCUT2D eigenvalue weighted by molar-refractivity contribution is 0.0331. The number of aliphatic imine (C=N–C) groups is 1. The maximum atomic E-state index is 9.87. The van der Waals surface area contributed by atoms with Crippen molar-refractivity contribution in [3.05, 3.63) is 35.9 Å². The van der Waals surface area contributed by atoms with Crippen LogP contribution in [-0.4, -0.2) is 36.4 Å². The summed E-state index contributed by atoms with van der Waals surface area (Å²) in [5, 5.41) is 13.1. The Morgan fingerprint density at radius 1 is 1.27 bits per heavy atom. The molecule has 0 aromatic heterocycles. The van der Waals surface area contributed by atoms with Gasteiger partial charge < -0.3 is 20.9 Å². The van der Waals surface area contributed by atoms with E-state index in [1.165, 1.54) is 19.3 Å². The largest absolute Gasteiger partial charge is 0.389 e. The van der Waals surface area contributed by atoms with Gasteiger partial charge in [-0.3, -0.25) is 4.99 Å². The Balaban J connectivity index is 1.61. The highest BCUT2D eigenvalue weighted by Gasteiger charge is 2.13. The molecular formula is C17H27N3O2. The van der Waals surface area contributed by atoms with Crippen molar-refractivity contribution in [2.24, 2.45) is 10.7 Å². The van der Waals surface area contributed by atoms with Gasteiger partial charge in [0.05, 0.1) is 25.9 Å². The zero-order valence-electron chi connectivity index (χ0n) is 13.1. The van der Waals surface area contributed by atoms with E-state index in [2.05, 4.69) is 10.3 Å². The number of guanidine groups is 1. The number of aliphatic hydroxyl groups is 1. The van der Waals surface area contributed by atoms with E-state index in [-0.39, 0.29) is 13.2 Å². The zero-order chi connectivity index (χ0) is 15.6. The molecule has 0 aliphatic heterocycles. The fourth-order valence-electron chi connectivity index (χ4n) is 2.65. The number of aliphatic hydroxyl groups excluding tert-OH is 1. The van der Waals surface area contributed by atoms with E-state index in [9.17, 15) is 5.11 Å². The Morgan fingerprint density at radius 2 is 2.00 bits per heavy atom. The first-order valence-corrected chi connectivity index (χ1v) is 8.10. The quantitative estimate of drug-likeness (QED) is 0.530. The maximum absolute atomic E-state index is 9.87. The zero-order valence-corrected chi connectivity index (χ0v) is 13.1. The first-order valence-electron chi connectivity index (χ1n) is 8.10. The average molecular weight is 305 g/mol. The molecule has 1 aliphatic carbocycles. The van der Waals surface area contributed by atoms with Gasteiger partial charge >= 0.3 is 0 Å². The molecule has 0 bridgehead atoms. The van der Waals surface area contributed by atoms with Crippen molar-refractivity contribution in [3.8, 4) is 0 Å². The van der Waals surface area contributed by atoms with Crippen LogP contribution < -0.4 is 11.1 Å². The lowest BCUT2D eigenvalue weighted by atomic mass is 9.96. The number of nitrogens with zero attached hydrogens (tertiary/aromatic N) is 1. The van der Waals surface area contributed by atoms with E-state index in [4.69, 9.17) is 10.5 Å². The third-order valence-corrected chi connectivity index (χ3v) is 3.85. The second kappa shape index (κ2) is 9.43. The van der Waals surface area contributed by atoms with Gasteiger partial charge in [-0.05, 0) is 18.4 Å². The summed E-state index contributed by atoms with van der Waals surface area (Å²) >= 11 is 0. The first kappa shape index (κ1) is 16.8. The molecule has 0 saturated heterocycles. The molecule has 5 heteroatoms. The van der Waals surface area contributed by atoms with E-state index >= 15 is 0 Å². The van der Waals surface area contributed by atoms with E-state index in [0.717, 1.165) is 18.4 Å². The van der Waals surface area contributed by atoms with Crippen LogP contribution in [-0.2, 0) is 11.3 Å². The predicted octanol–water partition coefficient (Wildman–Crippen LogP) is 1.80. The van der Waals surface area contributed by atoms with Crippen molar-refractivity contribution in [1.29, 1.82) is 0 Å². The fourth-order valence-corrected chi connectivity index (χ4v) is 2.65. The van der Waals surface area contributed by atoms with Crippen molar-refractivity contribution >= 4 is 5.96 Å². The molecule has 0 amide bonds. The monoisotopic (exact) mass is 305 g/mol. The molecule has 1 aromatic carbocycles. The Kier molecular flexibility index (Phi) is 7.19. The highest BCUT2D eigenvalue weighted by atomic mass is 16.5. The van der Waals surface area contributed by atoms with Crippen LogP contribution in [0.4, 0.5) is 0 Å². The van der Waals surface area contributed by atoms with Gasteiger partial charge in [-0.1, -0.05) is 49.6 Å². The van der Waals surface area contributed by atoms with Crippen molar-refractivity contribution in [3.63, 3.8) is 0 Å². The second-order valence-corrected chi connectivity index (χ2v) is 5.86. The Bertz CT molecular complexity index is 444. The van der Waals surface area contributed by atoms with Crippen molar-refractivity contribution in [2.45, 2.75) is 50.9 Å². The molecule has 0 heterocycles. The summed E-state index contributed by atoms with van der Waals surface area (Å²) in [6.07, 6.45) is 5.49. The lowest BCUT2D eigenvalue weighted by Gasteiger charge is -2.23. The van der Waals surface area contributed by atoms with Crippen LogP contribution in [0.5, 0.6) is 0 Å². The summed E-state index contributed by atoms with van der Waals surface area (Å²) in [5.74, 6) is 0.425. The molecule has 122 valence electrons. The van der Waals surface area contributed by atoms with Gasteiger partial charge in [0.2, 0.25) is 0 Å². The molecule has 5 nitrogen and oxygen atoms in total. The number of hydrogen-bond acceptors (Lipinski definition) is 3. The lowest BCUT2D eigenvalue weighted by Crippen LogP contribution is -2.41. The van der Waals surface area contributed by atoms with Gasteiger partial charge in [-0.25, -0.2) is 0 Å². The number of ether oxygens (including phenoxy) is 1. The summed E-state index contributed by atoms with van der Waals surface area (Å²) in [6, 6.07) is 10.3. The summed E-state index contributed by atoms with van der Waals surface area (Å²) in [4.78, 5) is 4.20. The molecule has 22 heavy (non-hydrogen) atoms. The Hall–Kier alpha value is -1.59. The van der Waals surface area contributed by atoms with Gasteiger partial charge in [-0.2, -0.15) is 0 Å². The number of rotatable bonds is 7. The van der Waals surface area contributed by atoms with E-state index in [1.807, 2.05) is 30.3 Å². The minimum atomic E-state index is -0.629. The van der Waals surface area contributed by atoms with E-state index < -0.39 is 6.10 Å². The molecule has 2 rings (SSSR count). The van der Waals surface area contributed by atoms with Gasteiger partial charge in [0.15, 0.2) is 5.96 Å². The number of nitrogens with two attached hydrogens (primary N) is 1. The summed E-state index contributed by atoms with van der Waals surface area (Å²) in [6.45, 7) is 1.02. The molecule has 1 aromatic rings. The van der Waals surface area contributed by atoms with Crippen molar-refractivity contribution in [2.75, 3.05) is 13.2 Å². The Morgan fingerprint density at radius 3 is 2.73 bits per heavy atom. The smallest absolute Gasteiger partial charge is 0.188 e. The number of benzene rings is 1. The minimum absolute atomic E-state index is 0.259. The molecule has 1 unspecified atom stereocenters. The third-order valence-electron chi connectivity index (χ3n) is 3.85. The molecule has 1 atom stereocenters. The normalized spacial score (nSPS) is 18.1. The average Bonchev–Trinajstić information content (AvgIpc) is 2.55. The number of hydrogen-bond donors (Lipinski definition) is 3. The van der Waals surface area contributed by atoms with Gasteiger partial charge in [0, 0.05) is 6.04 Å². The van der Waals surface area contributed by atoms with Gasteiger partial charge in [-0.15, -0.1) is 0 Å².